The van der Waals surface area contributed by atoms with Gasteiger partial charge in [-0.05, 0) is 12.8 Å². The van der Waals surface area contributed by atoms with Gasteiger partial charge in [-0.2, -0.15) is 0 Å². The molecule has 1 saturated heterocycles. The maximum atomic E-state index is 11.8. The Bertz CT molecular complexity index is 343. The van der Waals surface area contributed by atoms with E-state index in [2.05, 4.69) is 5.32 Å². The molecule has 6 nitrogen and oxygen atoms in total. The van der Waals surface area contributed by atoms with E-state index in [9.17, 15) is 14.4 Å². The Morgan fingerprint density at radius 2 is 2.22 bits per heavy atom. The number of carbonyl (C=O) groups is 3. The van der Waals surface area contributed by atoms with Crippen LogP contribution in [0.2, 0.25) is 0 Å². The number of hydrogen-bond donors (Lipinski definition) is 2. The lowest BCUT2D eigenvalue weighted by Crippen LogP contribution is -2.35. The number of likely N-dealkylation sites (tertiary alicyclic amines) is 1. The number of hydrogen-bond acceptors (Lipinski definition) is 3. The summed E-state index contributed by atoms with van der Waals surface area (Å²) in [6.07, 6.45) is 0.290. The SMILES string of the molecule is CCN1CC(C(=O)NCC(C)CC(=O)O)CC1=O. The van der Waals surface area contributed by atoms with Gasteiger partial charge in [0.15, 0.2) is 0 Å². The third kappa shape index (κ3) is 4.01. The van der Waals surface area contributed by atoms with Crippen LogP contribution in [0.1, 0.15) is 26.7 Å². The van der Waals surface area contributed by atoms with Crippen molar-refractivity contribution in [1.82, 2.24) is 10.2 Å². The van der Waals surface area contributed by atoms with Crippen LogP contribution in [0.25, 0.3) is 0 Å². The summed E-state index contributed by atoms with van der Waals surface area (Å²) in [5, 5.41) is 11.3. The Hall–Kier alpha value is -1.59. The lowest BCUT2D eigenvalue weighted by molar-refractivity contribution is -0.138. The van der Waals surface area contributed by atoms with Gasteiger partial charge < -0.3 is 15.3 Å². The van der Waals surface area contributed by atoms with E-state index in [1.807, 2.05) is 6.92 Å². The van der Waals surface area contributed by atoms with Gasteiger partial charge in [-0.1, -0.05) is 6.92 Å². The monoisotopic (exact) mass is 256 g/mol. The van der Waals surface area contributed by atoms with Crippen molar-refractivity contribution in [2.45, 2.75) is 26.7 Å². The quantitative estimate of drug-likeness (QED) is 0.704. The van der Waals surface area contributed by atoms with Gasteiger partial charge >= 0.3 is 5.97 Å². The first-order chi connectivity index (χ1) is 8.43. The van der Waals surface area contributed by atoms with Crippen LogP contribution < -0.4 is 5.32 Å². The molecule has 6 heteroatoms. The Morgan fingerprint density at radius 1 is 1.56 bits per heavy atom. The number of amides is 2. The first-order valence-corrected chi connectivity index (χ1v) is 6.21. The summed E-state index contributed by atoms with van der Waals surface area (Å²) in [6.45, 7) is 5.08. The molecule has 0 bridgehead atoms. The second-order valence-electron chi connectivity index (χ2n) is 4.78. The first kappa shape index (κ1) is 14.5. The van der Waals surface area contributed by atoms with Gasteiger partial charge in [0.25, 0.3) is 0 Å². The van der Waals surface area contributed by atoms with Crippen LogP contribution in [-0.2, 0) is 14.4 Å². The van der Waals surface area contributed by atoms with Gasteiger partial charge in [0.2, 0.25) is 11.8 Å². The van der Waals surface area contributed by atoms with Crippen LogP contribution in [-0.4, -0.2) is 47.4 Å². The molecule has 2 N–H and O–H groups in total. The Morgan fingerprint density at radius 3 is 2.72 bits per heavy atom. The zero-order chi connectivity index (χ0) is 13.7. The van der Waals surface area contributed by atoms with Crippen molar-refractivity contribution in [3.05, 3.63) is 0 Å². The summed E-state index contributed by atoms with van der Waals surface area (Å²) in [7, 11) is 0. The zero-order valence-corrected chi connectivity index (χ0v) is 10.8. The second kappa shape index (κ2) is 6.37. The minimum absolute atomic E-state index is 0.0104. The van der Waals surface area contributed by atoms with E-state index in [0.717, 1.165) is 0 Å². The number of aliphatic carboxylic acids is 1. The molecule has 0 aliphatic carbocycles. The summed E-state index contributed by atoms with van der Waals surface area (Å²) in [5.41, 5.74) is 0. The fourth-order valence-electron chi connectivity index (χ4n) is 2.04. The zero-order valence-electron chi connectivity index (χ0n) is 10.8. The number of carboxylic acids is 1. The van der Waals surface area contributed by atoms with Crippen molar-refractivity contribution >= 4 is 17.8 Å². The van der Waals surface area contributed by atoms with Crippen molar-refractivity contribution in [1.29, 1.82) is 0 Å². The molecule has 0 saturated carbocycles. The summed E-state index contributed by atoms with van der Waals surface area (Å²) in [4.78, 5) is 35.4. The second-order valence-corrected chi connectivity index (χ2v) is 4.78. The van der Waals surface area contributed by atoms with Crippen LogP contribution >= 0.6 is 0 Å². The van der Waals surface area contributed by atoms with Gasteiger partial charge in [-0.25, -0.2) is 0 Å². The number of carboxylic acid groups (broad SMARTS) is 1. The maximum Gasteiger partial charge on any atom is 0.303 e. The van der Waals surface area contributed by atoms with Gasteiger partial charge in [0.05, 0.1) is 5.92 Å². The lowest BCUT2D eigenvalue weighted by atomic mass is 10.1. The standard InChI is InChI=1S/C12H20N2O4/c1-3-14-7-9(5-10(14)15)12(18)13-6-8(2)4-11(16)17/h8-9H,3-7H2,1-2H3,(H,13,18)(H,16,17). The molecule has 0 aromatic rings. The normalized spacial score (nSPS) is 20.9. The molecule has 18 heavy (non-hydrogen) atoms. The minimum Gasteiger partial charge on any atom is -0.481 e. The highest BCUT2D eigenvalue weighted by molar-refractivity contribution is 5.89. The summed E-state index contributed by atoms with van der Waals surface area (Å²) in [5.74, 6) is -1.42. The highest BCUT2D eigenvalue weighted by atomic mass is 16.4. The average molecular weight is 256 g/mol. The molecule has 102 valence electrons. The van der Waals surface area contributed by atoms with Crippen molar-refractivity contribution in [3.63, 3.8) is 0 Å². The van der Waals surface area contributed by atoms with E-state index in [0.29, 0.717) is 19.6 Å². The van der Waals surface area contributed by atoms with E-state index in [4.69, 9.17) is 5.11 Å². The number of nitrogens with one attached hydrogen (secondary N) is 1. The highest BCUT2D eigenvalue weighted by Gasteiger charge is 2.33. The van der Waals surface area contributed by atoms with Crippen molar-refractivity contribution in [2.75, 3.05) is 19.6 Å². The van der Waals surface area contributed by atoms with E-state index in [-0.39, 0.29) is 36.5 Å². The summed E-state index contributed by atoms with van der Waals surface area (Å²) < 4.78 is 0. The van der Waals surface area contributed by atoms with Crippen molar-refractivity contribution in [3.8, 4) is 0 Å². The fourth-order valence-corrected chi connectivity index (χ4v) is 2.04. The average Bonchev–Trinajstić information content (AvgIpc) is 2.66. The molecular weight excluding hydrogens is 236 g/mol. The molecule has 1 fully saturated rings. The van der Waals surface area contributed by atoms with Crippen LogP contribution in [0.4, 0.5) is 0 Å². The van der Waals surface area contributed by atoms with Gasteiger partial charge in [-0.15, -0.1) is 0 Å². The molecule has 1 aliphatic heterocycles. The molecule has 2 unspecified atom stereocenters. The molecule has 2 atom stereocenters. The predicted octanol–water partition coefficient (Wildman–Crippen LogP) is 0.0818. The largest absolute Gasteiger partial charge is 0.481 e. The smallest absolute Gasteiger partial charge is 0.303 e. The lowest BCUT2D eigenvalue weighted by Gasteiger charge is -2.15. The van der Waals surface area contributed by atoms with Gasteiger partial charge in [0.1, 0.15) is 0 Å². The van der Waals surface area contributed by atoms with Crippen LogP contribution in [0.15, 0.2) is 0 Å². The predicted molar refractivity (Wildman–Crippen MR) is 64.8 cm³/mol. The van der Waals surface area contributed by atoms with E-state index >= 15 is 0 Å². The summed E-state index contributed by atoms with van der Waals surface area (Å²) in [6, 6.07) is 0. The Labute approximate surface area is 106 Å². The Kier molecular flexibility index (Phi) is 5.12. The summed E-state index contributed by atoms with van der Waals surface area (Å²) >= 11 is 0. The molecular formula is C12H20N2O4. The highest BCUT2D eigenvalue weighted by Crippen LogP contribution is 2.17. The molecule has 2 amide bonds. The molecule has 0 spiro atoms. The van der Waals surface area contributed by atoms with Gasteiger partial charge in [-0.3, -0.25) is 14.4 Å². The molecule has 0 aromatic heterocycles. The topological polar surface area (TPSA) is 86.7 Å². The third-order valence-electron chi connectivity index (χ3n) is 3.11. The minimum atomic E-state index is -0.870. The first-order valence-electron chi connectivity index (χ1n) is 6.21. The molecule has 0 aromatic carbocycles. The van der Waals surface area contributed by atoms with Crippen molar-refractivity contribution < 1.29 is 19.5 Å². The number of nitrogens with zero attached hydrogens (tertiary/aromatic N) is 1. The van der Waals surface area contributed by atoms with E-state index in [1.54, 1.807) is 11.8 Å². The van der Waals surface area contributed by atoms with E-state index in [1.165, 1.54) is 0 Å². The van der Waals surface area contributed by atoms with Crippen LogP contribution in [0.5, 0.6) is 0 Å². The molecule has 1 aliphatic rings. The fraction of sp³-hybridized carbons (Fsp3) is 0.750. The molecule has 0 radical (unpaired) electrons. The van der Waals surface area contributed by atoms with Crippen molar-refractivity contribution in [2.24, 2.45) is 11.8 Å². The van der Waals surface area contributed by atoms with Crippen LogP contribution in [0, 0.1) is 11.8 Å². The van der Waals surface area contributed by atoms with Gasteiger partial charge in [0, 0.05) is 32.5 Å². The van der Waals surface area contributed by atoms with E-state index < -0.39 is 5.97 Å². The third-order valence-corrected chi connectivity index (χ3v) is 3.11. The Balaban J connectivity index is 2.34. The molecule has 1 rings (SSSR count). The van der Waals surface area contributed by atoms with Crippen LogP contribution in [0.3, 0.4) is 0 Å². The number of rotatable bonds is 6. The maximum absolute atomic E-state index is 11.8. The number of carbonyl (C=O) groups excluding carboxylic acids is 2. The molecule has 1 heterocycles.